The smallest absolute Gasteiger partial charge is 0.337 e. The Morgan fingerprint density at radius 2 is 1.68 bits per heavy atom. The minimum Gasteiger partial charge on any atom is -0.465 e. The van der Waals surface area contributed by atoms with Gasteiger partial charge in [0.1, 0.15) is 0 Å². The molecule has 7 heteroatoms. The van der Waals surface area contributed by atoms with Gasteiger partial charge in [-0.05, 0) is 62.8 Å². The monoisotopic (exact) mass is 402 g/mol. The van der Waals surface area contributed by atoms with E-state index in [2.05, 4.69) is 4.90 Å². The molecular weight excluding hydrogens is 376 g/mol. The lowest BCUT2D eigenvalue weighted by Crippen LogP contribution is -2.44. The SMILES string of the molecule is COC(=O)c1ccc(CN(c2ccccc2)S(=O)(=O)C2CCN(C)CC2)cc1. The Balaban J connectivity index is 1.89. The summed E-state index contributed by atoms with van der Waals surface area (Å²) in [5.41, 5.74) is 1.90. The number of hydrogen-bond donors (Lipinski definition) is 0. The minimum atomic E-state index is -3.51. The Morgan fingerprint density at radius 1 is 1.07 bits per heavy atom. The number of likely N-dealkylation sites (tertiary alicyclic amines) is 1. The molecule has 1 saturated heterocycles. The van der Waals surface area contributed by atoms with E-state index in [1.54, 1.807) is 24.3 Å². The standard InChI is InChI=1S/C21H26N2O4S/c1-22-14-12-20(13-15-22)28(25,26)23(19-6-4-3-5-7-19)16-17-8-10-18(11-9-17)21(24)27-2/h3-11,20H,12-16H2,1-2H3. The molecule has 6 nitrogen and oxygen atoms in total. The molecular formula is C21H26N2O4S. The predicted octanol–water partition coefficient (Wildman–Crippen LogP) is 2.90. The van der Waals surface area contributed by atoms with Crippen LogP contribution < -0.4 is 4.31 Å². The largest absolute Gasteiger partial charge is 0.465 e. The second-order valence-electron chi connectivity index (χ2n) is 7.08. The summed E-state index contributed by atoms with van der Waals surface area (Å²) in [5, 5.41) is -0.391. The van der Waals surface area contributed by atoms with Crippen LogP contribution in [-0.2, 0) is 21.3 Å². The summed E-state index contributed by atoms with van der Waals surface area (Å²) in [4.78, 5) is 13.8. The Labute approximate surface area is 166 Å². The number of ether oxygens (including phenoxy) is 1. The Bertz CT molecular complexity index is 890. The summed E-state index contributed by atoms with van der Waals surface area (Å²) in [7, 11) is -0.165. The van der Waals surface area contributed by atoms with E-state index in [-0.39, 0.29) is 6.54 Å². The second kappa shape index (κ2) is 8.75. The Morgan fingerprint density at radius 3 is 2.25 bits per heavy atom. The molecule has 3 rings (SSSR count). The molecule has 0 amide bonds. The number of benzene rings is 2. The predicted molar refractivity (Wildman–Crippen MR) is 110 cm³/mol. The molecule has 2 aromatic rings. The topological polar surface area (TPSA) is 66.9 Å². The summed E-state index contributed by atoms with van der Waals surface area (Å²) in [6.07, 6.45) is 1.26. The number of methoxy groups -OCH3 is 1. The van der Waals surface area contributed by atoms with E-state index >= 15 is 0 Å². The zero-order valence-electron chi connectivity index (χ0n) is 16.2. The van der Waals surface area contributed by atoms with Crippen LogP contribution in [0.2, 0.25) is 0 Å². The molecule has 0 aromatic heterocycles. The van der Waals surface area contributed by atoms with Crippen LogP contribution in [0.15, 0.2) is 54.6 Å². The van der Waals surface area contributed by atoms with Crippen molar-refractivity contribution in [3.8, 4) is 0 Å². The van der Waals surface area contributed by atoms with Crippen molar-refractivity contribution in [1.29, 1.82) is 0 Å². The molecule has 0 bridgehead atoms. The maximum absolute atomic E-state index is 13.5. The number of anilines is 1. The molecule has 2 aromatic carbocycles. The zero-order valence-corrected chi connectivity index (χ0v) is 17.1. The molecule has 0 spiro atoms. The molecule has 0 radical (unpaired) electrons. The Hall–Kier alpha value is -2.38. The fourth-order valence-corrected chi connectivity index (χ4v) is 5.33. The van der Waals surface area contributed by atoms with Gasteiger partial charge in [-0.1, -0.05) is 30.3 Å². The average molecular weight is 403 g/mol. The van der Waals surface area contributed by atoms with Gasteiger partial charge >= 0.3 is 5.97 Å². The molecule has 1 fully saturated rings. The zero-order chi connectivity index (χ0) is 20.1. The summed E-state index contributed by atoms with van der Waals surface area (Å²) in [6.45, 7) is 1.78. The fourth-order valence-electron chi connectivity index (χ4n) is 3.42. The highest BCUT2D eigenvalue weighted by Crippen LogP contribution is 2.27. The molecule has 0 atom stereocenters. The van der Waals surface area contributed by atoms with Gasteiger partial charge in [-0.15, -0.1) is 0 Å². The van der Waals surface area contributed by atoms with Crippen LogP contribution >= 0.6 is 0 Å². The number of nitrogens with zero attached hydrogens (tertiary/aromatic N) is 2. The molecule has 150 valence electrons. The van der Waals surface area contributed by atoms with E-state index < -0.39 is 21.2 Å². The average Bonchev–Trinajstić information content (AvgIpc) is 2.72. The van der Waals surface area contributed by atoms with Crippen LogP contribution in [0.5, 0.6) is 0 Å². The van der Waals surface area contributed by atoms with Crippen molar-refractivity contribution < 1.29 is 17.9 Å². The van der Waals surface area contributed by atoms with Crippen LogP contribution in [0.25, 0.3) is 0 Å². The van der Waals surface area contributed by atoms with Crippen molar-refractivity contribution in [2.24, 2.45) is 0 Å². The number of rotatable bonds is 6. The summed E-state index contributed by atoms with van der Waals surface area (Å²) in [5.74, 6) is -0.412. The van der Waals surface area contributed by atoms with Crippen molar-refractivity contribution in [2.75, 3.05) is 31.6 Å². The number of sulfonamides is 1. The summed E-state index contributed by atoms with van der Waals surface area (Å²) >= 11 is 0. The molecule has 1 aliphatic rings. The number of carbonyl (C=O) groups excluding carboxylic acids is 1. The highest BCUT2D eigenvalue weighted by molar-refractivity contribution is 7.93. The molecule has 1 aliphatic heterocycles. The van der Waals surface area contributed by atoms with Crippen molar-refractivity contribution in [3.63, 3.8) is 0 Å². The van der Waals surface area contributed by atoms with Gasteiger partial charge in [0.15, 0.2) is 0 Å². The van der Waals surface area contributed by atoms with Crippen LogP contribution in [-0.4, -0.2) is 51.8 Å². The van der Waals surface area contributed by atoms with Gasteiger partial charge in [-0.2, -0.15) is 0 Å². The van der Waals surface area contributed by atoms with Crippen LogP contribution in [0, 0.1) is 0 Å². The van der Waals surface area contributed by atoms with Gasteiger partial charge in [0.2, 0.25) is 10.0 Å². The third kappa shape index (κ3) is 4.54. The first-order valence-electron chi connectivity index (χ1n) is 9.34. The lowest BCUT2D eigenvalue weighted by Gasteiger charge is -2.34. The normalized spacial score (nSPS) is 15.9. The first-order valence-corrected chi connectivity index (χ1v) is 10.8. The van der Waals surface area contributed by atoms with Crippen molar-refractivity contribution >= 4 is 21.7 Å². The van der Waals surface area contributed by atoms with E-state index in [4.69, 9.17) is 4.74 Å². The first kappa shape index (κ1) is 20.4. The Kier molecular flexibility index (Phi) is 6.36. The van der Waals surface area contributed by atoms with E-state index in [1.165, 1.54) is 11.4 Å². The van der Waals surface area contributed by atoms with E-state index in [0.717, 1.165) is 18.7 Å². The quantitative estimate of drug-likeness (QED) is 0.695. The maximum Gasteiger partial charge on any atom is 0.337 e. The molecule has 0 aliphatic carbocycles. The van der Waals surface area contributed by atoms with Crippen molar-refractivity contribution in [1.82, 2.24) is 4.90 Å². The van der Waals surface area contributed by atoms with Gasteiger partial charge in [0.05, 0.1) is 30.2 Å². The third-order valence-corrected chi connectivity index (χ3v) is 7.41. The van der Waals surface area contributed by atoms with Crippen LogP contribution in [0.1, 0.15) is 28.8 Å². The fraction of sp³-hybridized carbons (Fsp3) is 0.381. The minimum absolute atomic E-state index is 0.222. The maximum atomic E-state index is 13.5. The van der Waals surface area contributed by atoms with Crippen molar-refractivity contribution in [2.45, 2.75) is 24.6 Å². The lowest BCUT2D eigenvalue weighted by molar-refractivity contribution is 0.0600. The molecule has 0 N–H and O–H groups in total. The number of hydrogen-bond acceptors (Lipinski definition) is 5. The highest BCUT2D eigenvalue weighted by atomic mass is 32.2. The summed E-state index contributed by atoms with van der Waals surface area (Å²) < 4.78 is 33.1. The highest BCUT2D eigenvalue weighted by Gasteiger charge is 2.34. The number of esters is 1. The molecule has 0 unspecified atom stereocenters. The van der Waals surface area contributed by atoms with E-state index in [1.807, 2.05) is 37.4 Å². The van der Waals surface area contributed by atoms with Crippen molar-refractivity contribution in [3.05, 3.63) is 65.7 Å². The van der Waals surface area contributed by atoms with E-state index in [0.29, 0.717) is 24.1 Å². The molecule has 0 saturated carbocycles. The van der Waals surface area contributed by atoms with Gasteiger partial charge in [0, 0.05) is 0 Å². The number of carbonyl (C=O) groups is 1. The van der Waals surface area contributed by atoms with Crippen LogP contribution in [0.3, 0.4) is 0 Å². The summed E-state index contributed by atoms with van der Waals surface area (Å²) in [6, 6.07) is 16.0. The molecule has 28 heavy (non-hydrogen) atoms. The first-order chi connectivity index (χ1) is 13.4. The van der Waals surface area contributed by atoms with Gasteiger partial charge in [-0.3, -0.25) is 4.31 Å². The van der Waals surface area contributed by atoms with Gasteiger partial charge in [0.25, 0.3) is 0 Å². The number of para-hydroxylation sites is 1. The number of piperidine rings is 1. The lowest BCUT2D eigenvalue weighted by atomic mass is 10.1. The van der Waals surface area contributed by atoms with Gasteiger partial charge < -0.3 is 9.64 Å². The third-order valence-electron chi connectivity index (χ3n) is 5.14. The van der Waals surface area contributed by atoms with E-state index in [9.17, 15) is 13.2 Å². The molecule has 1 heterocycles. The second-order valence-corrected chi connectivity index (χ2v) is 9.22. The van der Waals surface area contributed by atoms with Gasteiger partial charge in [-0.25, -0.2) is 13.2 Å². The van der Waals surface area contributed by atoms with Crippen LogP contribution in [0.4, 0.5) is 5.69 Å².